The van der Waals surface area contributed by atoms with Gasteiger partial charge >= 0.3 is 0 Å². The Bertz CT molecular complexity index is 868. The molecule has 2 N–H and O–H groups in total. The number of piperidine rings is 1. The standard InChI is InChI=1S/C19H20BrN3O/c20-17-4-3-14-2-1-13(9-16(14)11-17)10-19-18(12-23(24)22-19)15-5-7-21-8-6-15/h1-4,9,11-12,15,21,24H,5-8,10H2. The Balaban J connectivity index is 1.65. The van der Waals surface area contributed by atoms with Crippen molar-refractivity contribution in [2.24, 2.45) is 0 Å². The van der Waals surface area contributed by atoms with Crippen LogP contribution in [0.4, 0.5) is 0 Å². The average molecular weight is 386 g/mol. The fourth-order valence-electron chi connectivity index (χ4n) is 3.59. The summed E-state index contributed by atoms with van der Waals surface area (Å²) in [5, 5.41) is 20.0. The number of halogens is 1. The summed E-state index contributed by atoms with van der Waals surface area (Å²) in [7, 11) is 0. The molecular weight excluding hydrogens is 366 g/mol. The Morgan fingerprint density at radius 1 is 1.12 bits per heavy atom. The lowest BCUT2D eigenvalue weighted by molar-refractivity contribution is 0.147. The number of fused-ring (bicyclic) bond motifs is 1. The van der Waals surface area contributed by atoms with Crippen LogP contribution in [0.25, 0.3) is 10.8 Å². The molecule has 0 amide bonds. The minimum Gasteiger partial charge on any atom is -0.412 e. The van der Waals surface area contributed by atoms with Crippen molar-refractivity contribution in [3.63, 3.8) is 0 Å². The molecule has 1 aromatic heterocycles. The molecule has 2 heterocycles. The second-order valence-corrected chi connectivity index (χ2v) is 7.39. The number of rotatable bonds is 3. The van der Waals surface area contributed by atoms with Gasteiger partial charge < -0.3 is 10.5 Å². The molecule has 124 valence electrons. The van der Waals surface area contributed by atoms with Crippen LogP contribution in [0.1, 0.15) is 35.6 Å². The molecule has 0 bridgehead atoms. The number of hydrogen-bond donors (Lipinski definition) is 2. The van der Waals surface area contributed by atoms with Crippen molar-refractivity contribution < 1.29 is 5.21 Å². The number of hydrogen-bond acceptors (Lipinski definition) is 3. The van der Waals surface area contributed by atoms with E-state index in [4.69, 9.17) is 0 Å². The van der Waals surface area contributed by atoms with E-state index in [2.05, 4.69) is 62.7 Å². The van der Waals surface area contributed by atoms with Crippen molar-refractivity contribution in [2.45, 2.75) is 25.2 Å². The predicted octanol–water partition coefficient (Wildman–Crippen LogP) is 4.09. The van der Waals surface area contributed by atoms with Crippen molar-refractivity contribution in [2.75, 3.05) is 13.1 Å². The number of benzene rings is 2. The van der Waals surface area contributed by atoms with Crippen LogP contribution < -0.4 is 5.32 Å². The summed E-state index contributed by atoms with van der Waals surface area (Å²) in [4.78, 5) is 0.977. The zero-order chi connectivity index (χ0) is 16.5. The molecule has 0 saturated carbocycles. The van der Waals surface area contributed by atoms with Gasteiger partial charge in [-0.15, -0.1) is 9.94 Å². The van der Waals surface area contributed by atoms with E-state index in [-0.39, 0.29) is 0 Å². The third kappa shape index (κ3) is 3.19. The van der Waals surface area contributed by atoms with E-state index in [1.54, 1.807) is 6.20 Å². The second-order valence-electron chi connectivity index (χ2n) is 6.48. The molecule has 0 atom stereocenters. The molecule has 1 aliphatic rings. The van der Waals surface area contributed by atoms with Crippen LogP contribution in [0.5, 0.6) is 0 Å². The lowest BCUT2D eigenvalue weighted by Crippen LogP contribution is -2.26. The maximum Gasteiger partial charge on any atom is 0.0738 e. The maximum absolute atomic E-state index is 9.83. The summed E-state index contributed by atoms with van der Waals surface area (Å²) in [6.45, 7) is 2.06. The smallest absolute Gasteiger partial charge is 0.0738 e. The Labute approximate surface area is 149 Å². The third-order valence-electron chi connectivity index (χ3n) is 4.83. The second kappa shape index (κ2) is 6.57. The van der Waals surface area contributed by atoms with Gasteiger partial charge in [0, 0.05) is 16.5 Å². The minimum absolute atomic E-state index is 0.483. The SMILES string of the molecule is On1cc(C2CCNCC2)c(Cc2ccc3ccc(Br)cc3c2)n1. The highest BCUT2D eigenvalue weighted by Crippen LogP contribution is 2.29. The molecule has 0 unspecified atom stereocenters. The van der Waals surface area contributed by atoms with Crippen LogP contribution in [0.2, 0.25) is 0 Å². The van der Waals surface area contributed by atoms with Gasteiger partial charge in [0.15, 0.2) is 0 Å². The maximum atomic E-state index is 9.83. The molecule has 3 aromatic rings. The Morgan fingerprint density at radius 3 is 2.75 bits per heavy atom. The molecule has 0 aliphatic carbocycles. The minimum atomic E-state index is 0.483. The van der Waals surface area contributed by atoms with Crippen molar-refractivity contribution in [1.82, 2.24) is 15.3 Å². The first-order chi connectivity index (χ1) is 11.7. The van der Waals surface area contributed by atoms with E-state index >= 15 is 0 Å². The highest BCUT2D eigenvalue weighted by Gasteiger charge is 2.21. The quantitative estimate of drug-likeness (QED) is 0.667. The zero-order valence-corrected chi connectivity index (χ0v) is 15.0. The van der Waals surface area contributed by atoms with Crippen molar-refractivity contribution >= 4 is 26.7 Å². The first-order valence-corrected chi connectivity index (χ1v) is 9.15. The first kappa shape index (κ1) is 15.7. The summed E-state index contributed by atoms with van der Waals surface area (Å²) in [5.74, 6) is 0.483. The Morgan fingerprint density at radius 2 is 1.92 bits per heavy atom. The highest BCUT2D eigenvalue weighted by molar-refractivity contribution is 9.10. The van der Waals surface area contributed by atoms with Crippen molar-refractivity contribution in [1.29, 1.82) is 0 Å². The summed E-state index contributed by atoms with van der Waals surface area (Å²) in [6, 6.07) is 12.8. The van der Waals surface area contributed by atoms with Gasteiger partial charge in [-0.1, -0.05) is 40.2 Å². The predicted molar refractivity (Wildman–Crippen MR) is 98.7 cm³/mol. The molecule has 24 heavy (non-hydrogen) atoms. The van der Waals surface area contributed by atoms with E-state index < -0.39 is 0 Å². The zero-order valence-electron chi connectivity index (χ0n) is 13.4. The van der Waals surface area contributed by atoms with Crippen LogP contribution in [0.15, 0.2) is 47.1 Å². The molecule has 1 fully saturated rings. The van der Waals surface area contributed by atoms with Crippen LogP contribution in [0, 0.1) is 0 Å². The van der Waals surface area contributed by atoms with Crippen LogP contribution in [0.3, 0.4) is 0 Å². The molecular formula is C19H20BrN3O. The fraction of sp³-hybridized carbons (Fsp3) is 0.316. The van der Waals surface area contributed by atoms with E-state index in [0.717, 1.165) is 47.4 Å². The molecule has 5 heteroatoms. The average Bonchev–Trinajstić information content (AvgIpc) is 2.95. The third-order valence-corrected chi connectivity index (χ3v) is 5.32. The largest absolute Gasteiger partial charge is 0.412 e. The number of nitrogens with zero attached hydrogens (tertiary/aromatic N) is 2. The van der Waals surface area contributed by atoms with Gasteiger partial charge in [0.2, 0.25) is 0 Å². The first-order valence-electron chi connectivity index (χ1n) is 8.35. The van der Waals surface area contributed by atoms with Gasteiger partial charge in [-0.3, -0.25) is 0 Å². The molecule has 4 rings (SSSR count). The van der Waals surface area contributed by atoms with Crippen LogP contribution in [-0.2, 0) is 6.42 Å². The Kier molecular flexibility index (Phi) is 4.29. The molecule has 0 spiro atoms. The molecule has 4 nitrogen and oxygen atoms in total. The van der Waals surface area contributed by atoms with E-state index in [1.807, 2.05) is 0 Å². The van der Waals surface area contributed by atoms with Crippen molar-refractivity contribution in [3.05, 3.63) is 63.9 Å². The van der Waals surface area contributed by atoms with E-state index in [9.17, 15) is 5.21 Å². The van der Waals surface area contributed by atoms with Gasteiger partial charge in [-0.25, -0.2) is 0 Å². The number of aromatic nitrogens is 2. The molecule has 1 aliphatic heterocycles. The van der Waals surface area contributed by atoms with Crippen molar-refractivity contribution in [3.8, 4) is 0 Å². The summed E-state index contributed by atoms with van der Waals surface area (Å²) in [5.41, 5.74) is 3.39. The topological polar surface area (TPSA) is 50.1 Å². The number of nitrogens with one attached hydrogen (secondary N) is 1. The van der Waals surface area contributed by atoms with E-state index in [1.165, 1.54) is 21.9 Å². The normalized spacial score (nSPS) is 15.9. The van der Waals surface area contributed by atoms with Crippen LogP contribution >= 0.6 is 15.9 Å². The van der Waals surface area contributed by atoms with E-state index in [0.29, 0.717) is 5.92 Å². The van der Waals surface area contributed by atoms with Gasteiger partial charge in [-0.2, -0.15) is 0 Å². The Hall–Kier alpha value is -1.85. The lowest BCUT2D eigenvalue weighted by Gasteiger charge is -2.22. The van der Waals surface area contributed by atoms with Gasteiger partial charge in [-0.05, 0) is 60.3 Å². The molecule has 2 aromatic carbocycles. The highest BCUT2D eigenvalue weighted by atomic mass is 79.9. The fourth-order valence-corrected chi connectivity index (χ4v) is 3.97. The lowest BCUT2D eigenvalue weighted by atomic mass is 9.89. The monoisotopic (exact) mass is 385 g/mol. The van der Waals surface area contributed by atoms with Crippen LogP contribution in [-0.4, -0.2) is 28.2 Å². The summed E-state index contributed by atoms with van der Waals surface area (Å²) < 4.78 is 1.09. The summed E-state index contributed by atoms with van der Waals surface area (Å²) >= 11 is 3.54. The molecule has 1 saturated heterocycles. The van der Waals surface area contributed by atoms with Gasteiger partial charge in [0.25, 0.3) is 0 Å². The molecule has 0 radical (unpaired) electrons. The summed E-state index contributed by atoms with van der Waals surface area (Å²) in [6.07, 6.45) is 4.73. The van der Waals surface area contributed by atoms with Gasteiger partial charge in [0.1, 0.15) is 0 Å². The van der Waals surface area contributed by atoms with Gasteiger partial charge in [0.05, 0.1) is 11.9 Å².